The van der Waals surface area contributed by atoms with Crippen LogP contribution in [-0.2, 0) is 15.0 Å². The van der Waals surface area contributed by atoms with E-state index in [1.54, 1.807) is 19.3 Å². The van der Waals surface area contributed by atoms with Crippen molar-refractivity contribution in [2.45, 2.75) is 57.8 Å². The lowest BCUT2D eigenvalue weighted by molar-refractivity contribution is -0.131. The highest BCUT2D eigenvalue weighted by molar-refractivity contribution is 5.89. The van der Waals surface area contributed by atoms with E-state index >= 15 is 0 Å². The van der Waals surface area contributed by atoms with Crippen LogP contribution in [0.2, 0.25) is 0 Å². The first kappa shape index (κ1) is 25.0. The van der Waals surface area contributed by atoms with E-state index < -0.39 is 5.97 Å². The largest absolute Gasteiger partial charge is 0.496 e. The number of aliphatic carboxylic acids is 1. The molecule has 1 aromatic rings. The van der Waals surface area contributed by atoms with Crippen LogP contribution in [0.1, 0.15) is 63.5 Å². The van der Waals surface area contributed by atoms with Gasteiger partial charge in [-0.3, -0.25) is 4.79 Å². The smallest absolute Gasteiger partial charge is 0.328 e. The maximum atomic E-state index is 11.7. The molecule has 1 aromatic carbocycles. The van der Waals surface area contributed by atoms with E-state index in [0.717, 1.165) is 51.9 Å². The number of hydrogen-bond acceptors (Lipinski definition) is 3. The molecular weight excluding hydrogens is 436 g/mol. The molecule has 184 valence electrons. The summed E-state index contributed by atoms with van der Waals surface area (Å²) in [6.07, 6.45) is 17.6. The number of rotatable bonds is 9. The van der Waals surface area contributed by atoms with Crippen molar-refractivity contribution >= 4 is 17.3 Å². The van der Waals surface area contributed by atoms with Crippen LogP contribution in [0, 0.1) is 17.8 Å². The fraction of sp³-hybridized carbons (Fsp3) is 0.419. The molecule has 0 amide bonds. The molecule has 0 radical (unpaired) electrons. The van der Waals surface area contributed by atoms with E-state index in [2.05, 4.69) is 24.8 Å². The van der Waals surface area contributed by atoms with E-state index in [0.29, 0.717) is 0 Å². The summed E-state index contributed by atoms with van der Waals surface area (Å²) in [6, 6.07) is 6.40. The zero-order valence-corrected chi connectivity index (χ0v) is 21.0. The Morgan fingerprint density at radius 1 is 1.00 bits per heavy atom. The minimum absolute atomic E-state index is 0.0537. The molecule has 1 N–H and O–H groups in total. The number of ether oxygens (including phenoxy) is 1. The SMILES string of the molecule is C=C/C(=C(/C=C/C(C)=O)\C=C(C)\C=C\C(=O)O)c1ccc(OC)c(C23CC4CC(CC(C4)C2)C3)c1. The maximum absolute atomic E-state index is 11.7. The van der Waals surface area contributed by atoms with Crippen molar-refractivity contribution in [3.63, 3.8) is 0 Å². The van der Waals surface area contributed by atoms with Gasteiger partial charge in [-0.1, -0.05) is 42.5 Å². The fourth-order valence-electron chi connectivity index (χ4n) is 7.05. The van der Waals surface area contributed by atoms with Gasteiger partial charge in [0.2, 0.25) is 0 Å². The minimum Gasteiger partial charge on any atom is -0.496 e. The van der Waals surface area contributed by atoms with Crippen molar-refractivity contribution in [3.8, 4) is 5.75 Å². The topological polar surface area (TPSA) is 63.6 Å². The van der Waals surface area contributed by atoms with Gasteiger partial charge in [0, 0.05) is 11.6 Å². The predicted molar refractivity (Wildman–Crippen MR) is 140 cm³/mol. The van der Waals surface area contributed by atoms with Gasteiger partial charge in [-0.25, -0.2) is 4.79 Å². The summed E-state index contributed by atoms with van der Waals surface area (Å²) >= 11 is 0. The molecule has 4 heteroatoms. The van der Waals surface area contributed by atoms with Crippen LogP contribution in [0.15, 0.2) is 72.4 Å². The number of ketones is 1. The first-order chi connectivity index (χ1) is 16.7. The monoisotopic (exact) mass is 472 g/mol. The van der Waals surface area contributed by atoms with Gasteiger partial charge in [-0.15, -0.1) is 0 Å². The van der Waals surface area contributed by atoms with Crippen LogP contribution in [0.4, 0.5) is 0 Å². The van der Waals surface area contributed by atoms with E-state index in [9.17, 15) is 9.59 Å². The van der Waals surface area contributed by atoms with Gasteiger partial charge < -0.3 is 9.84 Å². The van der Waals surface area contributed by atoms with Crippen LogP contribution < -0.4 is 4.74 Å². The van der Waals surface area contributed by atoms with Gasteiger partial charge in [0.1, 0.15) is 5.75 Å². The van der Waals surface area contributed by atoms with Crippen molar-refractivity contribution in [2.75, 3.05) is 7.11 Å². The number of methoxy groups -OCH3 is 1. The highest BCUT2D eigenvalue weighted by Crippen LogP contribution is 2.62. The Morgan fingerprint density at radius 2 is 1.63 bits per heavy atom. The third-order valence-corrected chi connectivity index (χ3v) is 8.00. The molecule has 0 saturated heterocycles. The Morgan fingerprint density at radius 3 is 2.14 bits per heavy atom. The number of carbonyl (C=O) groups is 2. The van der Waals surface area contributed by atoms with E-state index in [1.807, 2.05) is 19.1 Å². The van der Waals surface area contributed by atoms with Crippen molar-refractivity contribution < 1.29 is 19.4 Å². The second kappa shape index (κ2) is 10.2. The Kier molecular flexibility index (Phi) is 7.30. The number of carbonyl (C=O) groups excluding carboxylic acids is 1. The summed E-state index contributed by atoms with van der Waals surface area (Å²) in [4.78, 5) is 22.7. The van der Waals surface area contributed by atoms with E-state index in [4.69, 9.17) is 9.84 Å². The zero-order valence-electron chi connectivity index (χ0n) is 21.0. The third kappa shape index (κ3) is 5.42. The lowest BCUT2D eigenvalue weighted by Gasteiger charge is -2.57. The molecule has 0 spiro atoms. The molecular formula is C31H36O4. The molecule has 35 heavy (non-hydrogen) atoms. The number of benzene rings is 1. The van der Waals surface area contributed by atoms with Crippen molar-refractivity contribution in [1.82, 2.24) is 0 Å². The van der Waals surface area contributed by atoms with Crippen molar-refractivity contribution in [1.29, 1.82) is 0 Å². The first-order valence-corrected chi connectivity index (χ1v) is 12.6. The maximum Gasteiger partial charge on any atom is 0.328 e. The Balaban J connectivity index is 1.82. The summed E-state index contributed by atoms with van der Waals surface area (Å²) in [5.74, 6) is 2.37. The minimum atomic E-state index is -0.998. The van der Waals surface area contributed by atoms with Gasteiger partial charge in [-0.05, 0) is 110 Å². The third-order valence-electron chi connectivity index (χ3n) is 8.00. The van der Waals surface area contributed by atoms with Gasteiger partial charge in [0.15, 0.2) is 5.78 Å². The molecule has 4 fully saturated rings. The first-order valence-electron chi connectivity index (χ1n) is 12.6. The highest BCUT2D eigenvalue weighted by atomic mass is 16.5. The van der Waals surface area contributed by atoms with Gasteiger partial charge in [0.05, 0.1) is 7.11 Å². The zero-order chi connectivity index (χ0) is 25.2. The van der Waals surface area contributed by atoms with Gasteiger partial charge >= 0.3 is 5.97 Å². The number of carboxylic acids is 1. The fourth-order valence-corrected chi connectivity index (χ4v) is 7.05. The average Bonchev–Trinajstić information content (AvgIpc) is 2.80. The molecule has 5 rings (SSSR count). The molecule has 4 aliphatic carbocycles. The normalized spacial score (nSPS) is 28.4. The molecule has 4 bridgehead atoms. The molecule has 0 heterocycles. The lowest BCUT2D eigenvalue weighted by atomic mass is 9.48. The summed E-state index contributed by atoms with van der Waals surface area (Å²) in [6.45, 7) is 7.44. The summed E-state index contributed by atoms with van der Waals surface area (Å²) < 4.78 is 5.88. The Labute approximate surface area is 208 Å². The molecule has 4 aliphatic rings. The van der Waals surface area contributed by atoms with E-state index in [1.165, 1.54) is 57.1 Å². The van der Waals surface area contributed by atoms with Gasteiger partial charge in [-0.2, -0.15) is 0 Å². The van der Waals surface area contributed by atoms with Crippen LogP contribution in [0.5, 0.6) is 5.75 Å². The molecule has 0 atom stereocenters. The Hall–Kier alpha value is -3.14. The van der Waals surface area contributed by atoms with Crippen LogP contribution >= 0.6 is 0 Å². The Bertz CT molecular complexity index is 1110. The lowest BCUT2D eigenvalue weighted by Crippen LogP contribution is -2.48. The summed E-state index contributed by atoms with van der Waals surface area (Å²) in [5.41, 5.74) is 4.99. The van der Waals surface area contributed by atoms with Crippen LogP contribution in [-0.4, -0.2) is 24.0 Å². The van der Waals surface area contributed by atoms with Crippen LogP contribution in [0.3, 0.4) is 0 Å². The molecule has 4 nitrogen and oxygen atoms in total. The summed E-state index contributed by atoms with van der Waals surface area (Å²) in [7, 11) is 1.76. The molecule has 0 aliphatic heterocycles. The predicted octanol–water partition coefficient (Wildman–Crippen LogP) is 6.83. The van der Waals surface area contributed by atoms with Crippen LogP contribution in [0.25, 0.3) is 5.57 Å². The summed E-state index contributed by atoms with van der Waals surface area (Å²) in [5, 5.41) is 8.99. The second-order valence-electron chi connectivity index (χ2n) is 10.7. The molecule has 4 saturated carbocycles. The quantitative estimate of drug-likeness (QED) is 0.316. The van der Waals surface area contributed by atoms with Gasteiger partial charge in [0.25, 0.3) is 0 Å². The molecule has 0 aromatic heterocycles. The number of carboxylic acid groups (broad SMARTS) is 1. The van der Waals surface area contributed by atoms with E-state index in [-0.39, 0.29) is 11.2 Å². The average molecular weight is 473 g/mol. The van der Waals surface area contributed by atoms with Crippen molar-refractivity contribution in [2.24, 2.45) is 17.8 Å². The standard InChI is InChI=1S/C31H36O4/c1-5-27(25(8-7-21(3)32)12-20(2)6-11-30(33)34)26-9-10-29(35-4)28(16-26)31-17-22-13-23(18-31)15-24(14-22)19-31/h5-12,16,22-24H,1,13-15,17-19H2,2-4H3,(H,33,34)/b8-7+,11-6+,20-12+,27-25+. The molecule has 0 unspecified atom stereocenters. The van der Waals surface area contributed by atoms with Crippen molar-refractivity contribution in [3.05, 3.63) is 83.5 Å². The highest BCUT2D eigenvalue weighted by Gasteiger charge is 2.52. The number of allylic oxidation sites excluding steroid dienone is 8. The second-order valence-corrected chi connectivity index (χ2v) is 10.7. The number of hydrogen-bond donors (Lipinski definition) is 1.